The molecule has 2 aromatic heterocycles. The predicted octanol–water partition coefficient (Wildman–Crippen LogP) is 2.90. The minimum absolute atomic E-state index is 0.466. The molecule has 2 aromatic rings. The van der Waals surface area contributed by atoms with Crippen molar-refractivity contribution in [1.82, 2.24) is 14.8 Å². The second-order valence-electron chi connectivity index (χ2n) is 6.00. The van der Waals surface area contributed by atoms with Crippen molar-refractivity contribution in [3.63, 3.8) is 0 Å². The van der Waals surface area contributed by atoms with Crippen LogP contribution < -0.4 is 5.32 Å². The van der Waals surface area contributed by atoms with Gasteiger partial charge in [0.05, 0.1) is 11.4 Å². The van der Waals surface area contributed by atoms with Gasteiger partial charge in [0.15, 0.2) is 5.65 Å². The zero-order valence-corrected chi connectivity index (χ0v) is 10.9. The van der Waals surface area contributed by atoms with Gasteiger partial charge >= 0.3 is 0 Å². The molecule has 4 heteroatoms. The van der Waals surface area contributed by atoms with E-state index in [0.717, 1.165) is 23.3 Å². The van der Waals surface area contributed by atoms with Gasteiger partial charge in [-0.3, -0.25) is 0 Å². The van der Waals surface area contributed by atoms with E-state index < -0.39 is 0 Å². The van der Waals surface area contributed by atoms with Gasteiger partial charge in [0, 0.05) is 12.2 Å². The molecule has 1 atom stereocenters. The van der Waals surface area contributed by atoms with E-state index in [0.29, 0.717) is 11.5 Å². The van der Waals surface area contributed by atoms with Crippen molar-refractivity contribution < 1.29 is 0 Å². The SMILES string of the molecule is Cc1ccc2c3n(nc2n1)C(C1(C)CC1)CCN3. The molecule has 1 N–H and O–H groups in total. The first-order valence-corrected chi connectivity index (χ1v) is 6.77. The van der Waals surface area contributed by atoms with Crippen LogP contribution in [0.5, 0.6) is 0 Å². The van der Waals surface area contributed by atoms with Crippen LogP contribution in [0, 0.1) is 12.3 Å². The van der Waals surface area contributed by atoms with Gasteiger partial charge in [-0.1, -0.05) is 6.92 Å². The van der Waals surface area contributed by atoms with Gasteiger partial charge in [-0.05, 0) is 43.7 Å². The number of hydrogen-bond donors (Lipinski definition) is 1. The molecule has 1 aliphatic heterocycles. The lowest BCUT2D eigenvalue weighted by atomic mass is 9.95. The Morgan fingerprint density at radius 1 is 1.39 bits per heavy atom. The Morgan fingerprint density at radius 3 is 3.00 bits per heavy atom. The molecule has 3 heterocycles. The summed E-state index contributed by atoms with van der Waals surface area (Å²) in [4.78, 5) is 4.55. The van der Waals surface area contributed by atoms with Crippen LogP contribution >= 0.6 is 0 Å². The van der Waals surface area contributed by atoms with Gasteiger partial charge in [-0.15, -0.1) is 0 Å². The summed E-state index contributed by atoms with van der Waals surface area (Å²) in [6, 6.07) is 4.75. The summed E-state index contributed by atoms with van der Waals surface area (Å²) in [5.74, 6) is 1.17. The summed E-state index contributed by atoms with van der Waals surface area (Å²) in [7, 11) is 0. The van der Waals surface area contributed by atoms with Crippen LogP contribution in [0.3, 0.4) is 0 Å². The number of aryl methyl sites for hydroxylation is 1. The number of pyridine rings is 1. The van der Waals surface area contributed by atoms with Crippen molar-refractivity contribution in [3.05, 3.63) is 17.8 Å². The summed E-state index contributed by atoms with van der Waals surface area (Å²) >= 11 is 0. The summed E-state index contributed by atoms with van der Waals surface area (Å²) in [6.07, 6.45) is 3.84. The van der Waals surface area contributed by atoms with Crippen LogP contribution in [-0.2, 0) is 0 Å². The maximum atomic E-state index is 4.75. The largest absolute Gasteiger partial charge is 0.370 e. The molecule has 1 fully saturated rings. The highest BCUT2D eigenvalue weighted by Crippen LogP contribution is 2.56. The second-order valence-corrected chi connectivity index (χ2v) is 6.00. The first-order chi connectivity index (χ1) is 8.67. The van der Waals surface area contributed by atoms with Crippen LogP contribution in [0.1, 0.15) is 37.9 Å². The molecule has 4 rings (SSSR count). The van der Waals surface area contributed by atoms with E-state index in [-0.39, 0.29) is 0 Å². The smallest absolute Gasteiger partial charge is 0.183 e. The maximum absolute atomic E-state index is 4.75. The average molecular weight is 242 g/mol. The lowest BCUT2D eigenvalue weighted by Gasteiger charge is -2.30. The number of aromatic nitrogens is 3. The molecule has 4 nitrogen and oxygen atoms in total. The molecule has 0 spiro atoms. The number of fused-ring (bicyclic) bond motifs is 3. The summed E-state index contributed by atoms with van der Waals surface area (Å²) in [6.45, 7) is 5.46. The van der Waals surface area contributed by atoms with E-state index in [4.69, 9.17) is 5.10 Å². The summed E-state index contributed by atoms with van der Waals surface area (Å²) in [5.41, 5.74) is 2.38. The van der Waals surface area contributed by atoms with E-state index in [1.165, 1.54) is 25.1 Å². The standard InChI is InChI=1S/C14H18N4/c1-9-3-4-10-12(16-9)17-18-11(14(2)6-7-14)5-8-15-13(10)18/h3-4,11,15H,5-8H2,1-2H3. The van der Waals surface area contributed by atoms with Crippen LogP contribution in [0.2, 0.25) is 0 Å². The van der Waals surface area contributed by atoms with E-state index in [1.807, 2.05) is 6.92 Å². The number of nitrogens with zero attached hydrogens (tertiary/aromatic N) is 3. The fraction of sp³-hybridized carbons (Fsp3) is 0.571. The van der Waals surface area contributed by atoms with Gasteiger partial charge in [-0.25, -0.2) is 9.67 Å². The zero-order valence-electron chi connectivity index (χ0n) is 10.9. The monoisotopic (exact) mass is 242 g/mol. The third-order valence-electron chi connectivity index (χ3n) is 4.55. The summed E-state index contributed by atoms with van der Waals surface area (Å²) < 4.78 is 2.20. The highest BCUT2D eigenvalue weighted by atomic mass is 15.4. The van der Waals surface area contributed by atoms with E-state index >= 15 is 0 Å². The molecular weight excluding hydrogens is 224 g/mol. The Bertz CT molecular complexity index is 624. The van der Waals surface area contributed by atoms with Crippen molar-refractivity contribution >= 4 is 16.9 Å². The lowest BCUT2D eigenvalue weighted by Crippen LogP contribution is -2.28. The first kappa shape index (κ1) is 10.4. The van der Waals surface area contributed by atoms with Crippen molar-refractivity contribution in [2.75, 3.05) is 11.9 Å². The molecule has 0 saturated heterocycles. The predicted molar refractivity (Wildman–Crippen MR) is 71.7 cm³/mol. The minimum atomic E-state index is 0.466. The van der Waals surface area contributed by atoms with Crippen LogP contribution in [0.4, 0.5) is 5.82 Å². The third-order valence-corrected chi connectivity index (χ3v) is 4.55. The molecular formula is C14H18N4. The molecule has 0 radical (unpaired) electrons. The van der Waals surface area contributed by atoms with Crippen molar-refractivity contribution in [2.45, 2.75) is 39.2 Å². The first-order valence-electron chi connectivity index (χ1n) is 6.77. The topological polar surface area (TPSA) is 42.7 Å². The molecule has 2 aliphatic rings. The van der Waals surface area contributed by atoms with Gasteiger partial charge in [-0.2, -0.15) is 5.10 Å². The lowest BCUT2D eigenvalue weighted by molar-refractivity contribution is 0.286. The Hall–Kier alpha value is -1.58. The molecule has 1 unspecified atom stereocenters. The molecule has 1 aliphatic carbocycles. The molecule has 1 saturated carbocycles. The van der Waals surface area contributed by atoms with Crippen molar-refractivity contribution in [3.8, 4) is 0 Å². The number of nitrogens with one attached hydrogen (secondary N) is 1. The Balaban J connectivity index is 1.92. The van der Waals surface area contributed by atoms with E-state index in [9.17, 15) is 0 Å². The highest BCUT2D eigenvalue weighted by Gasteiger charge is 2.47. The second kappa shape index (κ2) is 3.25. The van der Waals surface area contributed by atoms with Gasteiger partial charge in [0.25, 0.3) is 0 Å². The van der Waals surface area contributed by atoms with Crippen LogP contribution in [-0.4, -0.2) is 21.3 Å². The molecule has 0 amide bonds. The maximum Gasteiger partial charge on any atom is 0.183 e. The Morgan fingerprint density at radius 2 is 2.22 bits per heavy atom. The minimum Gasteiger partial charge on any atom is -0.370 e. The van der Waals surface area contributed by atoms with Crippen molar-refractivity contribution in [1.29, 1.82) is 0 Å². The fourth-order valence-corrected chi connectivity index (χ4v) is 3.10. The zero-order chi connectivity index (χ0) is 12.3. The number of rotatable bonds is 1. The van der Waals surface area contributed by atoms with E-state index in [2.05, 4.69) is 34.0 Å². The van der Waals surface area contributed by atoms with Gasteiger partial charge < -0.3 is 5.32 Å². The number of hydrogen-bond acceptors (Lipinski definition) is 3. The summed E-state index contributed by atoms with van der Waals surface area (Å²) in [5, 5.41) is 9.40. The third kappa shape index (κ3) is 1.32. The van der Waals surface area contributed by atoms with Crippen LogP contribution in [0.15, 0.2) is 12.1 Å². The van der Waals surface area contributed by atoms with Crippen molar-refractivity contribution in [2.24, 2.45) is 5.41 Å². The highest BCUT2D eigenvalue weighted by molar-refractivity contribution is 5.88. The van der Waals surface area contributed by atoms with Gasteiger partial charge in [0.2, 0.25) is 0 Å². The van der Waals surface area contributed by atoms with Crippen LogP contribution in [0.25, 0.3) is 11.0 Å². The van der Waals surface area contributed by atoms with E-state index in [1.54, 1.807) is 0 Å². The number of anilines is 1. The molecule has 94 valence electrons. The average Bonchev–Trinajstić information content (AvgIpc) is 3.00. The Labute approximate surface area is 106 Å². The molecule has 0 bridgehead atoms. The molecule has 18 heavy (non-hydrogen) atoms. The fourth-order valence-electron chi connectivity index (χ4n) is 3.10. The van der Waals surface area contributed by atoms with Gasteiger partial charge in [0.1, 0.15) is 5.82 Å². The quantitative estimate of drug-likeness (QED) is 0.836. The Kier molecular flexibility index (Phi) is 1.87. The molecule has 0 aromatic carbocycles. The normalized spacial score (nSPS) is 24.7.